The molecule has 7 heteroatoms. The van der Waals surface area contributed by atoms with E-state index in [2.05, 4.69) is 0 Å². The van der Waals surface area contributed by atoms with Crippen LogP contribution in [0.1, 0.15) is 27.2 Å². The van der Waals surface area contributed by atoms with E-state index in [0.29, 0.717) is 17.3 Å². The molecule has 0 amide bonds. The fraction of sp³-hybridized carbons (Fsp3) is 0.143. The van der Waals surface area contributed by atoms with Crippen LogP contribution in [0.15, 0.2) is 95.5 Å². The first-order valence-electron chi connectivity index (χ1n) is 11.0. The van der Waals surface area contributed by atoms with Gasteiger partial charge in [0, 0.05) is 25.7 Å². The number of benzene rings is 3. The molecule has 1 heterocycles. The first-order chi connectivity index (χ1) is 16.7. The second-order valence-corrected chi connectivity index (χ2v) is 10.4. The molecule has 0 spiro atoms. The lowest BCUT2D eigenvalue weighted by molar-refractivity contribution is 0.103. The Bertz CT molecular complexity index is 1570. The number of allylic oxidation sites excluding steroid dienone is 1. The summed E-state index contributed by atoms with van der Waals surface area (Å²) < 4.78 is 28.6. The number of carbonyl (C=O) groups excluding carboxylic acids is 1. The van der Waals surface area contributed by atoms with Gasteiger partial charge in [0.1, 0.15) is 17.3 Å². The van der Waals surface area contributed by atoms with Gasteiger partial charge < -0.3 is 4.90 Å². The molecule has 0 fully saturated rings. The van der Waals surface area contributed by atoms with E-state index >= 15 is 0 Å². The Labute approximate surface area is 205 Å². The van der Waals surface area contributed by atoms with Crippen LogP contribution in [0.2, 0.25) is 0 Å². The molecule has 0 atom stereocenters. The third-order valence-electron chi connectivity index (χ3n) is 5.62. The Morgan fingerprint density at radius 1 is 0.971 bits per heavy atom. The van der Waals surface area contributed by atoms with E-state index in [1.54, 1.807) is 43.3 Å². The molecule has 176 valence electrons. The van der Waals surface area contributed by atoms with Crippen LogP contribution in [-0.2, 0) is 16.4 Å². The van der Waals surface area contributed by atoms with E-state index in [1.807, 2.05) is 55.5 Å². The molecule has 0 N–H and O–H groups in total. The van der Waals surface area contributed by atoms with Crippen LogP contribution in [0, 0.1) is 18.3 Å². The maximum absolute atomic E-state index is 13.8. The van der Waals surface area contributed by atoms with Crippen LogP contribution >= 0.6 is 0 Å². The number of rotatable bonds is 7. The standard InChI is InChI=1S/C28H25N3O3S/c1-20-9-12-25(13-10-20)35(33,34)31-26-14-11-22(15-21-7-5-4-6-8-21)16-23(26)17-27(31)28(32)24(18-29)19-30(2)3/h4-14,16-17,19H,15H2,1-3H3. The molecule has 0 aliphatic carbocycles. The molecule has 35 heavy (non-hydrogen) atoms. The molecule has 0 aliphatic rings. The molecule has 4 aromatic rings. The Balaban J connectivity index is 1.92. The number of carbonyl (C=O) groups is 1. The monoisotopic (exact) mass is 483 g/mol. The zero-order valence-electron chi connectivity index (χ0n) is 19.8. The van der Waals surface area contributed by atoms with E-state index in [1.165, 1.54) is 18.3 Å². The van der Waals surface area contributed by atoms with Gasteiger partial charge in [0.2, 0.25) is 5.78 Å². The number of aromatic nitrogens is 1. The van der Waals surface area contributed by atoms with Crippen molar-refractivity contribution >= 4 is 26.7 Å². The summed E-state index contributed by atoms with van der Waals surface area (Å²) in [5.41, 5.74) is 3.18. The van der Waals surface area contributed by atoms with Crippen molar-refractivity contribution < 1.29 is 13.2 Å². The number of Topliss-reactive ketones (excluding diaryl/α,β-unsaturated/α-hetero) is 1. The van der Waals surface area contributed by atoms with E-state index in [0.717, 1.165) is 20.7 Å². The van der Waals surface area contributed by atoms with Crippen molar-refractivity contribution in [1.82, 2.24) is 8.87 Å². The molecule has 0 saturated heterocycles. The molecular weight excluding hydrogens is 458 g/mol. The summed E-state index contributed by atoms with van der Waals surface area (Å²) in [5.74, 6) is -0.655. The lowest BCUT2D eigenvalue weighted by Gasteiger charge is -2.12. The van der Waals surface area contributed by atoms with Crippen LogP contribution in [0.5, 0.6) is 0 Å². The fourth-order valence-electron chi connectivity index (χ4n) is 3.95. The second-order valence-electron chi connectivity index (χ2n) is 8.61. The van der Waals surface area contributed by atoms with Gasteiger partial charge in [-0.3, -0.25) is 4.79 Å². The average molecular weight is 484 g/mol. The van der Waals surface area contributed by atoms with Crippen LogP contribution < -0.4 is 0 Å². The summed E-state index contributed by atoms with van der Waals surface area (Å²) in [6.45, 7) is 1.87. The van der Waals surface area contributed by atoms with Crippen LogP contribution in [0.25, 0.3) is 10.9 Å². The summed E-state index contributed by atoms with van der Waals surface area (Å²) in [6.07, 6.45) is 2.06. The number of fused-ring (bicyclic) bond motifs is 1. The highest BCUT2D eigenvalue weighted by Gasteiger charge is 2.28. The first kappa shape index (κ1) is 24.0. The predicted molar refractivity (Wildman–Crippen MR) is 137 cm³/mol. The molecule has 4 rings (SSSR count). The lowest BCUT2D eigenvalue weighted by atomic mass is 10.0. The summed E-state index contributed by atoms with van der Waals surface area (Å²) in [6, 6.07) is 25.4. The van der Waals surface area contributed by atoms with Gasteiger partial charge in [0.15, 0.2) is 0 Å². The summed E-state index contributed by atoms with van der Waals surface area (Å²) >= 11 is 0. The van der Waals surface area contributed by atoms with E-state index < -0.39 is 15.8 Å². The van der Waals surface area contributed by atoms with Gasteiger partial charge in [-0.15, -0.1) is 0 Å². The number of hydrogen-bond acceptors (Lipinski definition) is 5. The normalized spacial score (nSPS) is 11.9. The van der Waals surface area contributed by atoms with Crippen molar-refractivity contribution in [2.24, 2.45) is 0 Å². The molecule has 0 radical (unpaired) electrons. The molecular formula is C28H25N3O3S. The van der Waals surface area contributed by atoms with Gasteiger partial charge in [-0.25, -0.2) is 12.4 Å². The fourth-order valence-corrected chi connectivity index (χ4v) is 5.46. The molecule has 0 saturated carbocycles. The zero-order chi connectivity index (χ0) is 25.2. The molecule has 0 unspecified atom stereocenters. The van der Waals surface area contributed by atoms with Crippen molar-refractivity contribution in [3.63, 3.8) is 0 Å². The van der Waals surface area contributed by atoms with Crippen LogP contribution in [-0.4, -0.2) is 37.2 Å². The van der Waals surface area contributed by atoms with E-state index in [4.69, 9.17) is 0 Å². The highest BCUT2D eigenvalue weighted by molar-refractivity contribution is 7.90. The number of nitriles is 1. The first-order valence-corrected chi connectivity index (χ1v) is 12.5. The Morgan fingerprint density at radius 3 is 2.29 bits per heavy atom. The number of aryl methyl sites for hydroxylation is 1. The number of hydrogen-bond donors (Lipinski definition) is 0. The third kappa shape index (κ3) is 4.88. The van der Waals surface area contributed by atoms with E-state index in [9.17, 15) is 18.5 Å². The maximum Gasteiger partial charge on any atom is 0.268 e. The summed E-state index contributed by atoms with van der Waals surface area (Å²) in [4.78, 5) is 15.1. The van der Waals surface area contributed by atoms with Crippen molar-refractivity contribution in [3.05, 3.63) is 113 Å². The molecule has 6 nitrogen and oxygen atoms in total. The minimum atomic E-state index is -4.11. The Hall–Kier alpha value is -4.15. The quantitative estimate of drug-likeness (QED) is 0.211. The van der Waals surface area contributed by atoms with Crippen molar-refractivity contribution in [2.45, 2.75) is 18.2 Å². The highest BCUT2D eigenvalue weighted by Crippen LogP contribution is 2.29. The van der Waals surface area contributed by atoms with Crippen molar-refractivity contribution in [3.8, 4) is 6.07 Å². The Morgan fingerprint density at radius 2 is 1.66 bits per heavy atom. The topological polar surface area (TPSA) is 83.2 Å². The van der Waals surface area contributed by atoms with Gasteiger partial charge in [0.05, 0.1) is 10.4 Å². The average Bonchev–Trinajstić information content (AvgIpc) is 3.22. The van der Waals surface area contributed by atoms with Gasteiger partial charge in [-0.1, -0.05) is 54.1 Å². The molecule has 0 bridgehead atoms. The van der Waals surface area contributed by atoms with Gasteiger partial charge >= 0.3 is 0 Å². The molecule has 0 aliphatic heterocycles. The second kappa shape index (κ2) is 9.61. The number of ketones is 1. The van der Waals surface area contributed by atoms with Crippen molar-refractivity contribution in [2.75, 3.05) is 14.1 Å². The zero-order valence-corrected chi connectivity index (χ0v) is 20.6. The van der Waals surface area contributed by atoms with Crippen molar-refractivity contribution in [1.29, 1.82) is 5.26 Å². The SMILES string of the molecule is Cc1ccc(S(=O)(=O)n2c(C(=O)C(C#N)=CN(C)C)cc3cc(Cc4ccccc4)ccc32)cc1. The number of nitrogens with zero attached hydrogens (tertiary/aromatic N) is 3. The summed E-state index contributed by atoms with van der Waals surface area (Å²) in [5, 5.41) is 10.2. The van der Waals surface area contributed by atoms with Gasteiger partial charge in [0.25, 0.3) is 10.0 Å². The highest BCUT2D eigenvalue weighted by atomic mass is 32.2. The predicted octanol–water partition coefficient (Wildman–Crippen LogP) is 4.93. The minimum Gasteiger partial charge on any atom is -0.382 e. The molecule has 3 aromatic carbocycles. The van der Waals surface area contributed by atoms with E-state index in [-0.39, 0.29) is 16.2 Å². The van der Waals surface area contributed by atoms with Crippen LogP contribution in [0.3, 0.4) is 0 Å². The van der Waals surface area contributed by atoms with Gasteiger partial charge in [-0.2, -0.15) is 5.26 Å². The minimum absolute atomic E-state index is 0.0677. The maximum atomic E-state index is 13.8. The lowest BCUT2D eigenvalue weighted by Crippen LogP contribution is -2.20. The molecule has 1 aromatic heterocycles. The van der Waals surface area contributed by atoms with Crippen LogP contribution in [0.4, 0.5) is 0 Å². The third-order valence-corrected chi connectivity index (χ3v) is 7.36. The Kier molecular flexibility index (Phi) is 6.59. The summed E-state index contributed by atoms with van der Waals surface area (Å²) in [7, 11) is -0.724. The van der Waals surface area contributed by atoms with Gasteiger partial charge in [-0.05, 0) is 54.8 Å². The largest absolute Gasteiger partial charge is 0.382 e. The smallest absolute Gasteiger partial charge is 0.268 e.